The Morgan fingerprint density at radius 3 is 2.25 bits per heavy atom. The summed E-state index contributed by atoms with van der Waals surface area (Å²) < 4.78 is 15.4. The predicted molar refractivity (Wildman–Crippen MR) is 57.1 cm³/mol. The SMILES string of the molecule is COc1cccc(OC)c1OCC(=O)CO. The molecule has 0 atom stereocenters. The second-order valence-corrected chi connectivity index (χ2v) is 2.98. The van der Waals surface area contributed by atoms with E-state index in [-0.39, 0.29) is 6.61 Å². The van der Waals surface area contributed by atoms with E-state index in [4.69, 9.17) is 19.3 Å². The van der Waals surface area contributed by atoms with Crippen molar-refractivity contribution in [1.29, 1.82) is 0 Å². The number of Topliss-reactive ketones (excluding diaryl/α,β-unsaturated/α-hetero) is 1. The Labute approximate surface area is 93.6 Å². The fourth-order valence-corrected chi connectivity index (χ4v) is 1.16. The average Bonchev–Trinajstić information content (AvgIpc) is 2.35. The summed E-state index contributed by atoms with van der Waals surface area (Å²) >= 11 is 0. The van der Waals surface area contributed by atoms with Crippen LogP contribution in [-0.2, 0) is 4.79 Å². The van der Waals surface area contributed by atoms with Gasteiger partial charge in [0.1, 0.15) is 13.2 Å². The highest BCUT2D eigenvalue weighted by Gasteiger charge is 2.12. The topological polar surface area (TPSA) is 65.0 Å². The van der Waals surface area contributed by atoms with Gasteiger partial charge in [0.2, 0.25) is 5.75 Å². The van der Waals surface area contributed by atoms with Crippen LogP contribution >= 0.6 is 0 Å². The normalized spacial score (nSPS) is 9.69. The molecule has 0 unspecified atom stereocenters. The van der Waals surface area contributed by atoms with E-state index in [1.807, 2.05) is 0 Å². The maximum Gasteiger partial charge on any atom is 0.203 e. The van der Waals surface area contributed by atoms with Gasteiger partial charge in [0.05, 0.1) is 14.2 Å². The molecule has 0 fully saturated rings. The van der Waals surface area contributed by atoms with Gasteiger partial charge in [-0.25, -0.2) is 0 Å². The minimum Gasteiger partial charge on any atom is -0.493 e. The summed E-state index contributed by atoms with van der Waals surface area (Å²) in [5.74, 6) is 0.900. The van der Waals surface area contributed by atoms with E-state index in [0.717, 1.165) is 0 Å². The molecule has 0 aliphatic carbocycles. The first-order valence-corrected chi connectivity index (χ1v) is 4.69. The molecule has 1 aromatic carbocycles. The van der Waals surface area contributed by atoms with Crippen LogP contribution in [-0.4, -0.2) is 38.3 Å². The molecule has 88 valence electrons. The van der Waals surface area contributed by atoms with E-state index < -0.39 is 12.4 Å². The first-order valence-electron chi connectivity index (χ1n) is 4.69. The molecule has 5 heteroatoms. The van der Waals surface area contributed by atoms with Crippen LogP contribution in [0.5, 0.6) is 17.2 Å². The predicted octanol–water partition coefficient (Wildman–Crippen LogP) is 0.644. The van der Waals surface area contributed by atoms with Gasteiger partial charge in [0.15, 0.2) is 17.3 Å². The van der Waals surface area contributed by atoms with Crippen LogP contribution < -0.4 is 14.2 Å². The zero-order valence-corrected chi connectivity index (χ0v) is 9.23. The lowest BCUT2D eigenvalue weighted by Gasteiger charge is -2.13. The summed E-state index contributed by atoms with van der Waals surface area (Å²) in [7, 11) is 2.99. The molecular formula is C11H14O5. The summed E-state index contributed by atoms with van der Waals surface area (Å²) in [5, 5.41) is 8.57. The van der Waals surface area contributed by atoms with E-state index >= 15 is 0 Å². The van der Waals surface area contributed by atoms with Crippen molar-refractivity contribution in [3.05, 3.63) is 18.2 Å². The van der Waals surface area contributed by atoms with Crippen LogP contribution in [0.15, 0.2) is 18.2 Å². The van der Waals surface area contributed by atoms with Crippen molar-refractivity contribution < 1.29 is 24.1 Å². The summed E-state index contributed by atoms with van der Waals surface area (Å²) in [6, 6.07) is 5.14. The fraction of sp³-hybridized carbons (Fsp3) is 0.364. The van der Waals surface area contributed by atoms with Crippen molar-refractivity contribution in [3.63, 3.8) is 0 Å². The van der Waals surface area contributed by atoms with E-state index in [1.54, 1.807) is 18.2 Å². The van der Waals surface area contributed by atoms with Gasteiger partial charge in [-0.1, -0.05) is 6.07 Å². The third-order valence-electron chi connectivity index (χ3n) is 1.94. The van der Waals surface area contributed by atoms with Gasteiger partial charge < -0.3 is 19.3 Å². The molecule has 0 heterocycles. The lowest BCUT2D eigenvalue weighted by atomic mass is 10.3. The number of ether oxygens (including phenoxy) is 3. The first-order chi connectivity index (χ1) is 7.72. The molecule has 1 N–H and O–H groups in total. The number of aliphatic hydroxyl groups is 1. The van der Waals surface area contributed by atoms with Crippen LogP contribution in [0.1, 0.15) is 0 Å². The van der Waals surface area contributed by atoms with Crippen molar-refractivity contribution in [2.75, 3.05) is 27.4 Å². The molecule has 0 aromatic heterocycles. The minimum absolute atomic E-state index is 0.215. The number of aliphatic hydroxyl groups excluding tert-OH is 1. The van der Waals surface area contributed by atoms with Gasteiger partial charge in [-0.05, 0) is 12.1 Å². The monoisotopic (exact) mass is 226 g/mol. The highest BCUT2D eigenvalue weighted by atomic mass is 16.5. The number of benzene rings is 1. The molecule has 0 aliphatic heterocycles. The number of para-hydroxylation sites is 1. The standard InChI is InChI=1S/C11H14O5/c1-14-9-4-3-5-10(15-2)11(9)16-7-8(13)6-12/h3-5,12H,6-7H2,1-2H3. The summed E-state index contributed by atoms with van der Waals surface area (Å²) in [6.45, 7) is -0.759. The molecule has 1 rings (SSSR count). The number of carbonyl (C=O) groups is 1. The van der Waals surface area contributed by atoms with E-state index in [9.17, 15) is 4.79 Å². The molecule has 1 aromatic rings. The van der Waals surface area contributed by atoms with Gasteiger partial charge in [-0.15, -0.1) is 0 Å². The molecule has 0 aliphatic rings. The van der Waals surface area contributed by atoms with Crippen LogP contribution in [0, 0.1) is 0 Å². The zero-order valence-electron chi connectivity index (χ0n) is 9.23. The van der Waals surface area contributed by atoms with E-state index in [2.05, 4.69) is 0 Å². The summed E-state index contributed by atoms with van der Waals surface area (Å²) in [4.78, 5) is 10.9. The Hall–Kier alpha value is -1.75. The van der Waals surface area contributed by atoms with Gasteiger partial charge in [-0.3, -0.25) is 4.79 Å². The Kier molecular flexibility index (Phi) is 4.60. The highest BCUT2D eigenvalue weighted by molar-refractivity contribution is 5.81. The molecule has 0 bridgehead atoms. The Morgan fingerprint density at radius 1 is 1.25 bits per heavy atom. The number of carbonyl (C=O) groups excluding carboxylic acids is 1. The maximum atomic E-state index is 10.9. The molecule has 0 saturated carbocycles. The van der Waals surface area contributed by atoms with Crippen molar-refractivity contribution in [3.8, 4) is 17.2 Å². The lowest BCUT2D eigenvalue weighted by molar-refractivity contribution is -0.123. The highest BCUT2D eigenvalue weighted by Crippen LogP contribution is 2.36. The van der Waals surface area contributed by atoms with E-state index in [0.29, 0.717) is 17.2 Å². The molecule has 5 nitrogen and oxygen atoms in total. The maximum absolute atomic E-state index is 10.9. The number of methoxy groups -OCH3 is 2. The van der Waals surface area contributed by atoms with Crippen LogP contribution in [0.2, 0.25) is 0 Å². The smallest absolute Gasteiger partial charge is 0.203 e. The quantitative estimate of drug-likeness (QED) is 0.771. The first kappa shape index (κ1) is 12.3. The molecular weight excluding hydrogens is 212 g/mol. The lowest BCUT2D eigenvalue weighted by Crippen LogP contribution is -2.15. The Balaban J connectivity index is 2.86. The summed E-state index contributed by atoms with van der Waals surface area (Å²) in [5.41, 5.74) is 0. The van der Waals surface area contributed by atoms with Crippen molar-refractivity contribution in [2.24, 2.45) is 0 Å². The van der Waals surface area contributed by atoms with Gasteiger partial charge in [-0.2, -0.15) is 0 Å². The number of hydrogen-bond acceptors (Lipinski definition) is 5. The largest absolute Gasteiger partial charge is 0.493 e. The molecule has 16 heavy (non-hydrogen) atoms. The number of hydrogen-bond donors (Lipinski definition) is 1. The molecule has 0 amide bonds. The van der Waals surface area contributed by atoms with Gasteiger partial charge in [0, 0.05) is 0 Å². The van der Waals surface area contributed by atoms with Gasteiger partial charge >= 0.3 is 0 Å². The molecule has 0 saturated heterocycles. The van der Waals surface area contributed by atoms with E-state index in [1.165, 1.54) is 14.2 Å². The number of rotatable bonds is 6. The average molecular weight is 226 g/mol. The van der Waals surface area contributed by atoms with Gasteiger partial charge in [0.25, 0.3) is 0 Å². The van der Waals surface area contributed by atoms with Crippen LogP contribution in [0.25, 0.3) is 0 Å². The summed E-state index contributed by atoms with van der Waals surface area (Å²) in [6.07, 6.45) is 0. The minimum atomic E-state index is -0.544. The second-order valence-electron chi connectivity index (χ2n) is 2.98. The second kappa shape index (κ2) is 5.97. The van der Waals surface area contributed by atoms with Crippen LogP contribution in [0.4, 0.5) is 0 Å². The van der Waals surface area contributed by atoms with Crippen molar-refractivity contribution in [1.82, 2.24) is 0 Å². The number of ketones is 1. The Bertz CT molecular complexity index is 339. The van der Waals surface area contributed by atoms with Crippen molar-refractivity contribution in [2.45, 2.75) is 0 Å². The Morgan fingerprint density at radius 2 is 1.81 bits per heavy atom. The fourth-order valence-electron chi connectivity index (χ4n) is 1.16. The zero-order chi connectivity index (χ0) is 12.0. The molecule has 0 radical (unpaired) electrons. The molecule has 0 spiro atoms. The third-order valence-corrected chi connectivity index (χ3v) is 1.94. The van der Waals surface area contributed by atoms with Crippen molar-refractivity contribution >= 4 is 5.78 Å². The third kappa shape index (κ3) is 2.87. The van der Waals surface area contributed by atoms with Crippen LogP contribution in [0.3, 0.4) is 0 Å².